The number of pyridine rings is 2. The van der Waals surface area contributed by atoms with Crippen LogP contribution in [0.5, 0.6) is 0 Å². The molecule has 2 aromatic heterocycles. The molecule has 0 atom stereocenters. The zero-order chi connectivity index (χ0) is 13.1. The lowest BCUT2D eigenvalue weighted by atomic mass is 10.1. The molecule has 0 spiro atoms. The second-order valence-electron chi connectivity index (χ2n) is 4.50. The molecule has 2 heterocycles. The maximum Gasteiger partial charge on any atom is 0.212 e. The molecule has 0 aliphatic carbocycles. The monoisotopic (exact) mass is 247 g/mol. The molecule has 0 bridgehead atoms. The fourth-order valence-corrected chi connectivity index (χ4v) is 2.18. The van der Waals surface area contributed by atoms with E-state index < -0.39 is 0 Å². The van der Waals surface area contributed by atoms with E-state index >= 15 is 0 Å². The summed E-state index contributed by atoms with van der Waals surface area (Å²) in [6.07, 6.45) is 7.84. The van der Waals surface area contributed by atoms with Crippen molar-refractivity contribution in [3.8, 4) is 0 Å². The first kappa shape index (κ1) is 11.6. The molecular weight excluding hydrogens is 232 g/mol. The Hall–Kier alpha value is -2.48. The fraction of sp³-hybridized carbons (Fsp3) is 0.0588. The van der Waals surface area contributed by atoms with E-state index in [1.807, 2.05) is 18.3 Å². The first-order valence-electron chi connectivity index (χ1n) is 6.30. The molecule has 0 unspecified atom stereocenters. The summed E-state index contributed by atoms with van der Waals surface area (Å²) in [6, 6.07) is 16.7. The second-order valence-corrected chi connectivity index (χ2v) is 4.50. The van der Waals surface area contributed by atoms with E-state index in [0.717, 1.165) is 5.56 Å². The fourth-order valence-electron chi connectivity index (χ4n) is 2.18. The number of rotatable bonds is 2. The topological polar surface area (TPSA) is 16.8 Å². The third-order valence-electron chi connectivity index (χ3n) is 3.25. The molecule has 3 aromatic rings. The van der Waals surface area contributed by atoms with Gasteiger partial charge in [-0.05, 0) is 29.8 Å². The van der Waals surface area contributed by atoms with Crippen LogP contribution in [0.1, 0.15) is 11.3 Å². The van der Waals surface area contributed by atoms with Crippen molar-refractivity contribution in [3.63, 3.8) is 0 Å². The minimum Gasteiger partial charge on any atom is -0.264 e. The van der Waals surface area contributed by atoms with Gasteiger partial charge in [0.05, 0.1) is 0 Å². The highest BCUT2D eigenvalue weighted by Crippen LogP contribution is 2.11. The van der Waals surface area contributed by atoms with Crippen molar-refractivity contribution in [3.05, 3.63) is 72.2 Å². The Kier molecular flexibility index (Phi) is 3.07. The molecule has 0 aliphatic heterocycles. The highest BCUT2D eigenvalue weighted by Gasteiger charge is 2.07. The Morgan fingerprint density at radius 1 is 0.947 bits per heavy atom. The summed E-state index contributed by atoms with van der Waals surface area (Å²) in [7, 11) is 2.09. The SMILES string of the molecule is C[n+]1c(C=Cc2cccnc2)ccc2ccccc21. The average molecular weight is 247 g/mol. The molecule has 0 saturated carbocycles. The molecule has 19 heavy (non-hydrogen) atoms. The summed E-state index contributed by atoms with van der Waals surface area (Å²) >= 11 is 0. The van der Waals surface area contributed by atoms with Crippen LogP contribution in [0.2, 0.25) is 0 Å². The molecule has 92 valence electrons. The van der Waals surface area contributed by atoms with Crippen LogP contribution in [0.25, 0.3) is 23.1 Å². The van der Waals surface area contributed by atoms with E-state index in [1.165, 1.54) is 16.6 Å². The van der Waals surface area contributed by atoms with Gasteiger partial charge in [0, 0.05) is 36.0 Å². The third kappa shape index (κ3) is 2.38. The van der Waals surface area contributed by atoms with E-state index in [2.05, 4.69) is 65.1 Å². The van der Waals surface area contributed by atoms with E-state index in [-0.39, 0.29) is 0 Å². The Morgan fingerprint density at radius 3 is 2.68 bits per heavy atom. The van der Waals surface area contributed by atoms with Gasteiger partial charge in [-0.25, -0.2) is 0 Å². The summed E-state index contributed by atoms with van der Waals surface area (Å²) in [6.45, 7) is 0. The predicted molar refractivity (Wildman–Crippen MR) is 78.3 cm³/mol. The first-order valence-corrected chi connectivity index (χ1v) is 6.30. The minimum absolute atomic E-state index is 1.11. The van der Waals surface area contributed by atoms with Crippen molar-refractivity contribution < 1.29 is 4.57 Å². The van der Waals surface area contributed by atoms with Crippen LogP contribution < -0.4 is 4.57 Å². The smallest absolute Gasteiger partial charge is 0.212 e. The van der Waals surface area contributed by atoms with Gasteiger partial charge >= 0.3 is 0 Å². The molecule has 0 aliphatic rings. The number of hydrogen-bond acceptors (Lipinski definition) is 1. The van der Waals surface area contributed by atoms with E-state index in [0.29, 0.717) is 0 Å². The Morgan fingerprint density at radius 2 is 1.84 bits per heavy atom. The zero-order valence-corrected chi connectivity index (χ0v) is 10.8. The van der Waals surface area contributed by atoms with E-state index in [1.54, 1.807) is 6.20 Å². The van der Waals surface area contributed by atoms with Gasteiger partial charge in [0.1, 0.15) is 7.05 Å². The normalized spacial score (nSPS) is 11.2. The van der Waals surface area contributed by atoms with Gasteiger partial charge in [0.15, 0.2) is 0 Å². The summed E-state index contributed by atoms with van der Waals surface area (Å²) in [5.41, 5.74) is 3.51. The predicted octanol–water partition coefficient (Wildman–Crippen LogP) is 3.23. The van der Waals surface area contributed by atoms with Crippen LogP contribution in [-0.4, -0.2) is 4.98 Å². The number of nitrogens with zero attached hydrogens (tertiary/aromatic N) is 2. The number of aryl methyl sites for hydroxylation is 1. The van der Waals surface area contributed by atoms with Crippen molar-refractivity contribution in [2.75, 3.05) is 0 Å². The van der Waals surface area contributed by atoms with E-state index in [4.69, 9.17) is 0 Å². The molecule has 1 aromatic carbocycles. The lowest BCUT2D eigenvalue weighted by Crippen LogP contribution is -2.32. The van der Waals surface area contributed by atoms with Gasteiger partial charge in [-0.2, -0.15) is 4.57 Å². The van der Waals surface area contributed by atoms with Crippen molar-refractivity contribution in [1.82, 2.24) is 4.98 Å². The van der Waals surface area contributed by atoms with E-state index in [9.17, 15) is 0 Å². The van der Waals surface area contributed by atoms with Gasteiger partial charge in [-0.3, -0.25) is 4.98 Å². The summed E-state index contributed by atoms with van der Waals surface area (Å²) in [4.78, 5) is 4.11. The zero-order valence-electron chi connectivity index (χ0n) is 10.8. The largest absolute Gasteiger partial charge is 0.264 e. The van der Waals surface area contributed by atoms with Crippen LogP contribution in [0, 0.1) is 0 Å². The highest BCUT2D eigenvalue weighted by atomic mass is 14.9. The second kappa shape index (κ2) is 5.02. The molecule has 2 nitrogen and oxygen atoms in total. The van der Waals surface area contributed by atoms with Crippen molar-refractivity contribution in [2.24, 2.45) is 7.05 Å². The summed E-state index contributed by atoms with van der Waals surface area (Å²) in [5.74, 6) is 0. The van der Waals surface area contributed by atoms with Crippen LogP contribution in [0.3, 0.4) is 0 Å². The number of fused-ring (bicyclic) bond motifs is 1. The molecular formula is C17H15N2+. The van der Waals surface area contributed by atoms with Crippen LogP contribution >= 0.6 is 0 Å². The Bertz CT molecular complexity index is 731. The molecule has 0 N–H and O–H groups in total. The first-order chi connectivity index (χ1) is 9.34. The Balaban J connectivity index is 2.02. The van der Waals surface area contributed by atoms with Gasteiger partial charge in [-0.1, -0.05) is 18.2 Å². The minimum atomic E-state index is 1.11. The van der Waals surface area contributed by atoms with Gasteiger partial charge in [0.2, 0.25) is 11.2 Å². The summed E-state index contributed by atoms with van der Waals surface area (Å²) < 4.78 is 2.20. The Labute approximate surface area is 112 Å². The summed E-state index contributed by atoms with van der Waals surface area (Å²) in [5, 5.41) is 1.25. The van der Waals surface area contributed by atoms with Crippen LogP contribution in [0.15, 0.2) is 60.9 Å². The van der Waals surface area contributed by atoms with Crippen molar-refractivity contribution in [1.29, 1.82) is 0 Å². The van der Waals surface area contributed by atoms with Crippen molar-refractivity contribution in [2.45, 2.75) is 0 Å². The standard InChI is InChI=1S/C17H15N2/c1-19-16(10-8-14-5-4-12-18-13-14)11-9-15-6-2-3-7-17(15)19/h2-13H,1H3/q+1. The van der Waals surface area contributed by atoms with Crippen LogP contribution in [0.4, 0.5) is 0 Å². The average Bonchev–Trinajstić information content (AvgIpc) is 2.48. The van der Waals surface area contributed by atoms with Gasteiger partial charge in [0.25, 0.3) is 0 Å². The molecule has 3 rings (SSSR count). The highest BCUT2D eigenvalue weighted by molar-refractivity contribution is 5.77. The quantitative estimate of drug-likeness (QED) is 0.635. The molecule has 0 saturated heterocycles. The number of hydrogen-bond donors (Lipinski definition) is 0. The maximum absolute atomic E-state index is 4.11. The maximum atomic E-state index is 4.11. The number of para-hydroxylation sites is 1. The lowest BCUT2D eigenvalue weighted by Gasteiger charge is -1.99. The molecule has 0 amide bonds. The van der Waals surface area contributed by atoms with Crippen LogP contribution in [-0.2, 0) is 7.05 Å². The third-order valence-corrected chi connectivity index (χ3v) is 3.25. The molecule has 0 fully saturated rings. The lowest BCUT2D eigenvalue weighted by molar-refractivity contribution is -0.646. The molecule has 2 heteroatoms. The van der Waals surface area contributed by atoms with Gasteiger partial charge < -0.3 is 0 Å². The van der Waals surface area contributed by atoms with Gasteiger partial charge in [-0.15, -0.1) is 0 Å². The number of benzene rings is 1. The van der Waals surface area contributed by atoms with Crippen molar-refractivity contribution >= 4 is 23.1 Å². The molecule has 0 radical (unpaired) electrons. The number of aromatic nitrogens is 2.